The number of fused-ring (bicyclic) bond motifs is 5. The number of hydrogen-bond acceptors (Lipinski definition) is 4. The molecule has 0 fully saturated rings. The number of phenols is 1. The molecule has 2 atom stereocenters. The summed E-state index contributed by atoms with van der Waals surface area (Å²) in [6, 6.07) is 11.0. The maximum absolute atomic E-state index is 10.2. The maximum Gasteiger partial charge on any atom is 0.209 e. The number of rotatable bonds is 2. The van der Waals surface area contributed by atoms with E-state index in [1.165, 1.54) is 27.2 Å². The number of likely N-dealkylation sites (N-methyl/N-ethyl adjacent to an activating group) is 1. The van der Waals surface area contributed by atoms with Crippen LogP contribution in [0.25, 0.3) is 0 Å². The Bertz CT molecular complexity index is 885. The van der Waals surface area contributed by atoms with Gasteiger partial charge in [-0.05, 0) is 72.8 Å². The Morgan fingerprint density at radius 2 is 1.86 bits per heavy atom. The smallest absolute Gasteiger partial charge is 0.209 e. The van der Waals surface area contributed by atoms with Gasteiger partial charge >= 0.3 is 0 Å². The van der Waals surface area contributed by atoms with Crippen molar-refractivity contribution in [2.45, 2.75) is 31.2 Å². The van der Waals surface area contributed by atoms with Crippen molar-refractivity contribution < 1.29 is 9.90 Å². The van der Waals surface area contributed by atoms with Gasteiger partial charge in [0.25, 0.3) is 0 Å². The summed E-state index contributed by atoms with van der Waals surface area (Å²) in [5.74, 6) is 0.489. The van der Waals surface area contributed by atoms with E-state index in [0.717, 1.165) is 37.9 Å². The number of carbonyl (C=O) groups excluding carboxylic acids is 1. The second-order valence-corrected chi connectivity index (χ2v) is 8.46. The largest absolute Gasteiger partial charge is 0.506 e. The Morgan fingerprint density at radius 3 is 2.52 bits per heavy atom. The zero-order valence-corrected chi connectivity index (χ0v) is 18.3. The van der Waals surface area contributed by atoms with Crippen molar-refractivity contribution >= 4 is 23.7 Å². The highest BCUT2D eigenvalue weighted by molar-refractivity contribution is 6.32. The van der Waals surface area contributed by atoms with Crippen LogP contribution in [-0.2, 0) is 17.6 Å². The minimum Gasteiger partial charge on any atom is -0.506 e. The Balaban J connectivity index is 0.000000431. The number of nitrogens with zero attached hydrogens (tertiary/aromatic N) is 2. The predicted molar refractivity (Wildman–Crippen MR) is 119 cm³/mol. The second kappa shape index (κ2) is 9.06. The van der Waals surface area contributed by atoms with Crippen LogP contribution in [0.3, 0.4) is 0 Å². The molecule has 2 aromatic carbocycles. The SMILES string of the molecule is CN(C)C=O.CNc1ccc2c(c1)CCC1C2c2cc(O)c(Cl)cc2CCN1C. The number of halogens is 1. The quantitative estimate of drug-likeness (QED) is 0.734. The zero-order valence-electron chi connectivity index (χ0n) is 17.6. The molecule has 0 saturated carbocycles. The van der Waals surface area contributed by atoms with Crippen LogP contribution < -0.4 is 5.32 Å². The van der Waals surface area contributed by atoms with Gasteiger partial charge in [-0.3, -0.25) is 4.79 Å². The third kappa shape index (κ3) is 4.51. The molecular weight excluding hydrogens is 386 g/mol. The summed E-state index contributed by atoms with van der Waals surface area (Å²) in [5, 5.41) is 13.9. The zero-order chi connectivity index (χ0) is 21.1. The van der Waals surface area contributed by atoms with Crippen LogP contribution in [0.2, 0.25) is 5.02 Å². The van der Waals surface area contributed by atoms with Crippen molar-refractivity contribution in [2.24, 2.45) is 0 Å². The molecule has 2 N–H and O–H groups in total. The van der Waals surface area contributed by atoms with Gasteiger partial charge in [0, 0.05) is 45.3 Å². The fourth-order valence-electron chi connectivity index (χ4n) is 4.40. The summed E-state index contributed by atoms with van der Waals surface area (Å²) in [4.78, 5) is 13.4. The molecule has 2 unspecified atom stereocenters. The van der Waals surface area contributed by atoms with Gasteiger partial charge in [0.1, 0.15) is 5.75 Å². The first-order valence-corrected chi connectivity index (χ1v) is 10.4. The van der Waals surface area contributed by atoms with Crippen LogP contribution in [0.5, 0.6) is 5.75 Å². The maximum atomic E-state index is 10.2. The molecule has 0 aromatic heterocycles. The standard InChI is InChI=1S/C20H23ClN2O.C3H7NO/c1-22-14-4-5-15-12(9-14)3-6-18-20(15)16-11-19(24)17(21)10-13(16)7-8-23(18)2;1-4(2)3-5/h4-5,9-11,18,20,22,24H,3,6-8H2,1-2H3;3H,1-2H3. The van der Waals surface area contributed by atoms with E-state index in [9.17, 15) is 9.90 Å². The number of phenolic OH excluding ortho intramolecular Hbond substituents is 1. The van der Waals surface area contributed by atoms with E-state index in [4.69, 9.17) is 11.6 Å². The number of anilines is 1. The topological polar surface area (TPSA) is 55.8 Å². The van der Waals surface area contributed by atoms with E-state index in [-0.39, 0.29) is 5.75 Å². The molecular formula is C23H30ClN3O2. The van der Waals surface area contributed by atoms with Crippen molar-refractivity contribution in [2.75, 3.05) is 40.1 Å². The fourth-order valence-corrected chi connectivity index (χ4v) is 4.58. The first-order valence-electron chi connectivity index (χ1n) is 9.99. The summed E-state index contributed by atoms with van der Waals surface area (Å²) < 4.78 is 0. The number of nitrogens with one attached hydrogen (secondary N) is 1. The highest BCUT2D eigenvalue weighted by atomic mass is 35.5. The van der Waals surface area contributed by atoms with Crippen molar-refractivity contribution in [3.8, 4) is 5.75 Å². The molecule has 1 amide bonds. The van der Waals surface area contributed by atoms with Gasteiger partial charge in [-0.25, -0.2) is 0 Å². The average Bonchev–Trinajstić information content (AvgIpc) is 2.85. The summed E-state index contributed by atoms with van der Waals surface area (Å²) in [6.07, 6.45) is 3.97. The Hall–Kier alpha value is -2.24. The fraction of sp³-hybridized carbons (Fsp3) is 0.435. The molecule has 4 rings (SSSR count). The number of aromatic hydroxyl groups is 1. The van der Waals surface area contributed by atoms with E-state index in [2.05, 4.69) is 35.5 Å². The molecule has 29 heavy (non-hydrogen) atoms. The van der Waals surface area contributed by atoms with Crippen LogP contribution in [0.4, 0.5) is 5.69 Å². The lowest BCUT2D eigenvalue weighted by Gasteiger charge is -2.38. The molecule has 2 aromatic rings. The highest BCUT2D eigenvalue weighted by Gasteiger charge is 2.36. The third-order valence-corrected chi connectivity index (χ3v) is 6.22. The molecule has 5 nitrogen and oxygen atoms in total. The molecule has 1 heterocycles. The average molecular weight is 416 g/mol. The Labute approximate surface area is 178 Å². The predicted octanol–water partition coefficient (Wildman–Crippen LogP) is 3.73. The van der Waals surface area contributed by atoms with Crippen LogP contribution in [0.15, 0.2) is 30.3 Å². The molecule has 0 spiro atoms. The lowest BCUT2D eigenvalue weighted by atomic mass is 9.74. The normalized spacial score (nSPS) is 20.2. The van der Waals surface area contributed by atoms with Gasteiger partial charge in [0.2, 0.25) is 6.41 Å². The minimum absolute atomic E-state index is 0.192. The molecule has 1 aliphatic carbocycles. The molecule has 2 aliphatic rings. The minimum atomic E-state index is 0.192. The molecule has 0 saturated heterocycles. The Morgan fingerprint density at radius 1 is 1.17 bits per heavy atom. The van der Waals surface area contributed by atoms with Gasteiger partial charge in [0.15, 0.2) is 0 Å². The number of carbonyl (C=O) groups is 1. The van der Waals surface area contributed by atoms with Gasteiger partial charge < -0.3 is 20.2 Å². The lowest BCUT2D eigenvalue weighted by Crippen LogP contribution is -2.39. The summed E-state index contributed by atoms with van der Waals surface area (Å²) in [5.41, 5.74) is 6.47. The monoisotopic (exact) mass is 415 g/mol. The molecule has 0 bridgehead atoms. The van der Waals surface area contributed by atoms with Gasteiger partial charge in [-0.1, -0.05) is 17.7 Å². The number of amides is 1. The molecule has 156 valence electrons. The number of aryl methyl sites for hydroxylation is 1. The Kier molecular flexibility index (Phi) is 6.70. The molecule has 1 aliphatic heterocycles. The van der Waals surface area contributed by atoms with Crippen molar-refractivity contribution in [1.29, 1.82) is 0 Å². The van der Waals surface area contributed by atoms with Crippen LogP contribution >= 0.6 is 11.6 Å². The first-order chi connectivity index (χ1) is 13.8. The van der Waals surface area contributed by atoms with Crippen molar-refractivity contribution in [3.05, 3.63) is 57.6 Å². The van der Waals surface area contributed by atoms with E-state index in [1.54, 1.807) is 14.1 Å². The van der Waals surface area contributed by atoms with Gasteiger partial charge in [-0.2, -0.15) is 0 Å². The van der Waals surface area contributed by atoms with E-state index < -0.39 is 0 Å². The van der Waals surface area contributed by atoms with E-state index in [1.807, 2.05) is 19.2 Å². The second-order valence-electron chi connectivity index (χ2n) is 8.05. The van der Waals surface area contributed by atoms with Crippen LogP contribution in [0, 0.1) is 0 Å². The van der Waals surface area contributed by atoms with Crippen molar-refractivity contribution in [1.82, 2.24) is 9.80 Å². The third-order valence-electron chi connectivity index (χ3n) is 5.92. The van der Waals surface area contributed by atoms with Gasteiger partial charge in [0.05, 0.1) is 5.02 Å². The number of hydrogen-bond donors (Lipinski definition) is 2. The molecule has 6 heteroatoms. The summed E-state index contributed by atoms with van der Waals surface area (Å²) in [7, 11) is 7.56. The van der Waals surface area contributed by atoms with Crippen LogP contribution in [0.1, 0.15) is 34.6 Å². The first kappa shape index (κ1) is 21.5. The summed E-state index contributed by atoms with van der Waals surface area (Å²) in [6.45, 7) is 1.03. The van der Waals surface area contributed by atoms with E-state index >= 15 is 0 Å². The number of benzene rings is 2. The lowest BCUT2D eigenvalue weighted by molar-refractivity contribution is -0.115. The highest BCUT2D eigenvalue weighted by Crippen LogP contribution is 2.44. The van der Waals surface area contributed by atoms with Crippen molar-refractivity contribution in [3.63, 3.8) is 0 Å². The van der Waals surface area contributed by atoms with Crippen LogP contribution in [-0.4, -0.2) is 62.1 Å². The van der Waals surface area contributed by atoms with E-state index in [0.29, 0.717) is 17.0 Å². The summed E-state index contributed by atoms with van der Waals surface area (Å²) >= 11 is 6.18. The van der Waals surface area contributed by atoms with Gasteiger partial charge in [-0.15, -0.1) is 0 Å². The molecule has 0 radical (unpaired) electrons.